The number of ether oxygens (including phenoxy) is 1. The van der Waals surface area contributed by atoms with Gasteiger partial charge in [0.05, 0.1) is 12.1 Å². The first-order chi connectivity index (χ1) is 8.28. The SMILES string of the molecule is COC1CC(N2CCCC(NC3CC3)C2=O)C1. The van der Waals surface area contributed by atoms with Gasteiger partial charge in [0.2, 0.25) is 5.91 Å². The molecule has 1 aliphatic heterocycles. The fourth-order valence-electron chi connectivity index (χ4n) is 2.94. The van der Waals surface area contributed by atoms with E-state index in [1.807, 2.05) is 0 Å². The molecule has 2 aliphatic carbocycles. The van der Waals surface area contributed by atoms with Crippen molar-refractivity contribution in [1.29, 1.82) is 0 Å². The van der Waals surface area contributed by atoms with Crippen LogP contribution in [0.5, 0.6) is 0 Å². The molecule has 1 saturated heterocycles. The molecule has 0 aromatic rings. The van der Waals surface area contributed by atoms with E-state index < -0.39 is 0 Å². The molecular weight excluding hydrogens is 216 g/mol. The molecule has 1 atom stereocenters. The molecule has 0 spiro atoms. The lowest BCUT2D eigenvalue weighted by atomic mass is 9.86. The summed E-state index contributed by atoms with van der Waals surface area (Å²) in [6, 6.07) is 1.16. The first kappa shape index (κ1) is 11.5. The number of amides is 1. The van der Waals surface area contributed by atoms with Crippen LogP contribution in [0.15, 0.2) is 0 Å². The molecule has 0 aromatic heterocycles. The molecule has 17 heavy (non-hydrogen) atoms. The second-order valence-electron chi connectivity index (χ2n) is 5.65. The quantitative estimate of drug-likeness (QED) is 0.791. The third kappa shape index (κ3) is 2.33. The van der Waals surface area contributed by atoms with E-state index in [4.69, 9.17) is 4.74 Å². The lowest BCUT2D eigenvalue weighted by molar-refractivity contribution is -0.144. The minimum Gasteiger partial charge on any atom is -0.381 e. The number of rotatable bonds is 4. The van der Waals surface area contributed by atoms with E-state index in [1.54, 1.807) is 7.11 Å². The Kier molecular flexibility index (Phi) is 3.09. The Morgan fingerprint density at radius 3 is 2.71 bits per heavy atom. The van der Waals surface area contributed by atoms with Crippen molar-refractivity contribution in [3.05, 3.63) is 0 Å². The maximum atomic E-state index is 12.3. The average Bonchev–Trinajstić information content (AvgIpc) is 3.06. The number of likely N-dealkylation sites (tertiary alicyclic amines) is 1. The maximum absolute atomic E-state index is 12.3. The molecule has 0 bridgehead atoms. The maximum Gasteiger partial charge on any atom is 0.239 e. The Balaban J connectivity index is 1.55. The van der Waals surface area contributed by atoms with Gasteiger partial charge in [-0.05, 0) is 38.5 Å². The van der Waals surface area contributed by atoms with E-state index in [0.717, 1.165) is 32.2 Å². The summed E-state index contributed by atoms with van der Waals surface area (Å²) in [5.41, 5.74) is 0. The highest BCUT2D eigenvalue weighted by Crippen LogP contribution is 2.31. The van der Waals surface area contributed by atoms with Gasteiger partial charge in [0.25, 0.3) is 0 Å². The highest BCUT2D eigenvalue weighted by Gasteiger charge is 2.41. The molecule has 96 valence electrons. The Morgan fingerprint density at radius 1 is 1.29 bits per heavy atom. The predicted molar refractivity (Wildman–Crippen MR) is 64.7 cm³/mol. The van der Waals surface area contributed by atoms with Gasteiger partial charge < -0.3 is 15.0 Å². The zero-order valence-corrected chi connectivity index (χ0v) is 10.5. The number of methoxy groups -OCH3 is 1. The first-order valence-electron chi connectivity index (χ1n) is 6.87. The van der Waals surface area contributed by atoms with E-state index in [0.29, 0.717) is 24.1 Å². The summed E-state index contributed by atoms with van der Waals surface area (Å²) < 4.78 is 5.29. The molecule has 1 heterocycles. The summed E-state index contributed by atoms with van der Waals surface area (Å²) in [5.74, 6) is 0.336. The molecule has 3 rings (SSSR count). The van der Waals surface area contributed by atoms with E-state index >= 15 is 0 Å². The standard InChI is InChI=1S/C13H22N2O2/c1-17-11-7-10(8-11)15-6-2-3-12(13(15)16)14-9-4-5-9/h9-12,14H,2-8H2,1H3. The highest BCUT2D eigenvalue weighted by molar-refractivity contribution is 5.83. The van der Waals surface area contributed by atoms with Gasteiger partial charge in [-0.25, -0.2) is 0 Å². The largest absolute Gasteiger partial charge is 0.381 e. The first-order valence-corrected chi connectivity index (χ1v) is 6.87. The van der Waals surface area contributed by atoms with Crippen molar-refractivity contribution in [2.24, 2.45) is 0 Å². The Morgan fingerprint density at radius 2 is 2.06 bits per heavy atom. The van der Waals surface area contributed by atoms with E-state index in [2.05, 4.69) is 10.2 Å². The minimum absolute atomic E-state index is 0.0952. The van der Waals surface area contributed by atoms with Crippen molar-refractivity contribution in [3.8, 4) is 0 Å². The van der Waals surface area contributed by atoms with Gasteiger partial charge in [0.1, 0.15) is 0 Å². The van der Waals surface area contributed by atoms with E-state index in [9.17, 15) is 4.79 Å². The highest BCUT2D eigenvalue weighted by atomic mass is 16.5. The van der Waals surface area contributed by atoms with Crippen molar-refractivity contribution >= 4 is 5.91 Å². The predicted octanol–water partition coefficient (Wildman–Crippen LogP) is 0.907. The molecule has 0 radical (unpaired) electrons. The lowest BCUT2D eigenvalue weighted by Gasteiger charge is -2.45. The second kappa shape index (κ2) is 4.58. The average molecular weight is 238 g/mol. The van der Waals surface area contributed by atoms with Gasteiger partial charge in [0.15, 0.2) is 0 Å². The Labute approximate surface area is 103 Å². The Hall–Kier alpha value is -0.610. The summed E-state index contributed by atoms with van der Waals surface area (Å²) in [4.78, 5) is 14.4. The van der Waals surface area contributed by atoms with Crippen LogP contribution >= 0.6 is 0 Å². The zero-order valence-electron chi connectivity index (χ0n) is 10.5. The van der Waals surface area contributed by atoms with Crippen molar-refractivity contribution < 1.29 is 9.53 Å². The fourth-order valence-corrected chi connectivity index (χ4v) is 2.94. The number of nitrogens with one attached hydrogen (secondary N) is 1. The Bertz CT molecular complexity index is 298. The number of hydrogen-bond donors (Lipinski definition) is 1. The van der Waals surface area contributed by atoms with Crippen LogP contribution < -0.4 is 5.32 Å². The third-order valence-corrected chi connectivity index (χ3v) is 4.33. The molecule has 3 aliphatic rings. The summed E-state index contributed by atoms with van der Waals surface area (Å²) in [5, 5.41) is 3.48. The zero-order chi connectivity index (χ0) is 11.8. The van der Waals surface area contributed by atoms with Gasteiger partial charge in [-0.1, -0.05) is 0 Å². The lowest BCUT2D eigenvalue weighted by Crippen LogP contribution is -2.58. The number of hydrogen-bond acceptors (Lipinski definition) is 3. The molecule has 4 heteroatoms. The topological polar surface area (TPSA) is 41.6 Å². The van der Waals surface area contributed by atoms with Crippen LogP contribution in [0.2, 0.25) is 0 Å². The molecule has 1 N–H and O–H groups in total. The van der Waals surface area contributed by atoms with E-state index in [1.165, 1.54) is 12.8 Å². The van der Waals surface area contributed by atoms with Crippen molar-refractivity contribution in [1.82, 2.24) is 10.2 Å². The number of piperidine rings is 1. The van der Waals surface area contributed by atoms with Crippen LogP contribution in [0, 0.1) is 0 Å². The van der Waals surface area contributed by atoms with Crippen LogP contribution in [0.4, 0.5) is 0 Å². The number of carbonyl (C=O) groups excluding carboxylic acids is 1. The third-order valence-electron chi connectivity index (χ3n) is 4.33. The molecule has 1 unspecified atom stereocenters. The van der Waals surface area contributed by atoms with Crippen LogP contribution in [-0.2, 0) is 9.53 Å². The van der Waals surface area contributed by atoms with Gasteiger partial charge in [-0.3, -0.25) is 4.79 Å². The normalized spacial score (nSPS) is 38.1. The summed E-state index contributed by atoms with van der Waals surface area (Å²) in [7, 11) is 1.76. The molecule has 4 nitrogen and oxygen atoms in total. The van der Waals surface area contributed by atoms with Crippen LogP contribution in [-0.4, -0.2) is 48.7 Å². The van der Waals surface area contributed by atoms with Gasteiger partial charge in [-0.15, -0.1) is 0 Å². The summed E-state index contributed by atoms with van der Waals surface area (Å²) in [6.45, 7) is 0.947. The van der Waals surface area contributed by atoms with Gasteiger partial charge >= 0.3 is 0 Å². The number of nitrogens with zero attached hydrogens (tertiary/aromatic N) is 1. The summed E-state index contributed by atoms with van der Waals surface area (Å²) in [6.07, 6.45) is 7.09. The van der Waals surface area contributed by atoms with Crippen LogP contribution in [0.1, 0.15) is 38.5 Å². The van der Waals surface area contributed by atoms with Crippen LogP contribution in [0.25, 0.3) is 0 Å². The molecular formula is C13H22N2O2. The smallest absolute Gasteiger partial charge is 0.239 e. The van der Waals surface area contributed by atoms with Crippen molar-refractivity contribution in [2.75, 3.05) is 13.7 Å². The second-order valence-corrected chi connectivity index (χ2v) is 5.65. The molecule has 1 amide bonds. The molecule has 0 aromatic carbocycles. The molecule has 2 saturated carbocycles. The fraction of sp³-hybridized carbons (Fsp3) is 0.923. The van der Waals surface area contributed by atoms with Crippen molar-refractivity contribution in [3.63, 3.8) is 0 Å². The summed E-state index contributed by atoms with van der Waals surface area (Å²) >= 11 is 0. The van der Waals surface area contributed by atoms with Gasteiger partial charge in [0, 0.05) is 25.7 Å². The van der Waals surface area contributed by atoms with Crippen molar-refractivity contribution in [2.45, 2.75) is 62.8 Å². The number of carbonyl (C=O) groups is 1. The monoisotopic (exact) mass is 238 g/mol. The van der Waals surface area contributed by atoms with E-state index in [-0.39, 0.29) is 6.04 Å². The van der Waals surface area contributed by atoms with Crippen LogP contribution in [0.3, 0.4) is 0 Å². The molecule has 3 fully saturated rings. The van der Waals surface area contributed by atoms with Gasteiger partial charge in [-0.2, -0.15) is 0 Å². The minimum atomic E-state index is 0.0952.